The predicted molar refractivity (Wildman–Crippen MR) is 145 cm³/mol. The number of hydrogen-bond donors (Lipinski definition) is 2. The molecule has 5 nitrogen and oxygen atoms in total. The summed E-state index contributed by atoms with van der Waals surface area (Å²) in [4.78, 5) is 31.7. The fraction of sp³-hybridized carbons (Fsp3) is 0.115. The Morgan fingerprint density at radius 3 is 2.65 bits per heavy atom. The highest BCUT2D eigenvalue weighted by Crippen LogP contribution is 2.31. The topological polar surface area (TPSA) is 71.1 Å². The molecule has 0 fully saturated rings. The molecule has 34 heavy (non-hydrogen) atoms. The van der Waals surface area contributed by atoms with E-state index in [-0.39, 0.29) is 17.1 Å². The van der Waals surface area contributed by atoms with Gasteiger partial charge >= 0.3 is 0 Å². The minimum atomic E-state index is -0.280. The molecule has 2 N–H and O–H groups in total. The summed E-state index contributed by atoms with van der Waals surface area (Å²) in [6.07, 6.45) is 3.94. The number of benzene rings is 2. The van der Waals surface area contributed by atoms with Crippen molar-refractivity contribution in [1.82, 2.24) is 4.98 Å². The molecule has 1 unspecified atom stereocenters. The van der Waals surface area contributed by atoms with Crippen molar-refractivity contribution in [2.24, 2.45) is 0 Å². The van der Waals surface area contributed by atoms with Gasteiger partial charge in [-0.05, 0) is 47.7 Å². The molecule has 2 aromatic heterocycles. The Morgan fingerprint density at radius 1 is 1.03 bits per heavy atom. The molecule has 0 bridgehead atoms. The van der Waals surface area contributed by atoms with Crippen LogP contribution < -0.4 is 10.6 Å². The number of anilines is 2. The molecule has 1 atom stereocenters. The second kappa shape index (κ2) is 11.8. The highest BCUT2D eigenvalue weighted by atomic mass is 32.2. The summed E-state index contributed by atoms with van der Waals surface area (Å²) in [6.45, 7) is 1.98. The van der Waals surface area contributed by atoms with Crippen molar-refractivity contribution in [2.45, 2.75) is 23.5 Å². The molecule has 2 heterocycles. The maximum atomic E-state index is 12.9. The number of carbonyl (C=O) groups excluding carboxylic acids is 2. The largest absolute Gasteiger partial charge is 0.322 e. The number of rotatable bonds is 9. The Labute approximate surface area is 211 Å². The number of thiophene rings is 1. The van der Waals surface area contributed by atoms with Crippen LogP contribution in [-0.4, -0.2) is 22.0 Å². The van der Waals surface area contributed by atoms with Crippen LogP contribution in [0, 0.1) is 0 Å². The lowest BCUT2D eigenvalue weighted by Crippen LogP contribution is -2.24. The molecular weight excluding hydrogens is 483 g/mol. The van der Waals surface area contributed by atoms with Gasteiger partial charge < -0.3 is 10.6 Å². The first kappa shape index (κ1) is 23.9. The summed E-state index contributed by atoms with van der Waals surface area (Å²) >= 11 is 4.51. The SMILES string of the molecule is CCC(Sc1cccc(NC(=O)/C=C/c2ccccc2)c1)C(=O)Nc1nc(-c2cccs2)cs1. The van der Waals surface area contributed by atoms with Crippen LogP contribution in [0.15, 0.2) is 88.5 Å². The monoisotopic (exact) mass is 505 g/mol. The number of aromatic nitrogens is 1. The molecule has 0 aliphatic rings. The lowest BCUT2D eigenvalue weighted by molar-refractivity contribution is -0.115. The van der Waals surface area contributed by atoms with Crippen molar-refractivity contribution in [3.63, 3.8) is 0 Å². The average molecular weight is 506 g/mol. The molecule has 172 valence electrons. The molecule has 4 aromatic rings. The molecule has 0 saturated carbocycles. The van der Waals surface area contributed by atoms with E-state index >= 15 is 0 Å². The summed E-state index contributed by atoms with van der Waals surface area (Å²) in [5.74, 6) is -0.291. The van der Waals surface area contributed by atoms with Gasteiger partial charge in [-0.2, -0.15) is 0 Å². The summed E-state index contributed by atoms with van der Waals surface area (Å²) in [6, 6.07) is 21.2. The number of hydrogen-bond acceptors (Lipinski definition) is 6. The van der Waals surface area contributed by atoms with Gasteiger partial charge in [0.15, 0.2) is 5.13 Å². The van der Waals surface area contributed by atoms with Crippen molar-refractivity contribution >= 4 is 63.1 Å². The van der Waals surface area contributed by atoms with Crippen molar-refractivity contribution in [3.8, 4) is 10.6 Å². The van der Waals surface area contributed by atoms with Crippen LogP contribution in [0.5, 0.6) is 0 Å². The maximum Gasteiger partial charge on any atom is 0.248 e. The van der Waals surface area contributed by atoms with E-state index in [2.05, 4.69) is 15.6 Å². The van der Waals surface area contributed by atoms with Gasteiger partial charge in [-0.25, -0.2) is 4.98 Å². The van der Waals surface area contributed by atoms with E-state index in [0.717, 1.165) is 21.0 Å². The Balaban J connectivity index is 1.35. The Kier molecular flexibility index (Phi) is 8.30. The van der Waals surface area contributed by atoms with Gasteiger partial charge in [-0.3, -0.25) is 9.59 Å². The molecule has 0 saturated heterocycles. The molecule has 2 aromatic carbocycles. The van der Waals surface area contributed by atoms with Gasteiger partial charge in [0.05, 0.1) is 15.8 Å². The van der Waals surface area contributed by atoms with Gasteiger partial charge in [-0.15, -0.1) is 34.4 Å². The van der Waals surface area contributed by atoms with Crippen LogP contribution in [-0.2, 0) is 9.59 Å². The van der Waals surface area contributed by atoms with Crippen molar-refractivity contribution in [3.05, 3.63) is 89.1 Å². The lowest BCUT2D eigenvalue weighted by atomic mass is 10.2. The van der Waals surface area contributed by atoms with E-state index in [1.54, 1.807) is 17.4 Å². The van der Waals surface area contributed by atoms with Gasteiger partial charge in [0.1, 0.15) is 0 Å². The molecule has 0 aliphatic heterocycles. The lowest BCUT2D eigenvalue weighted by Gasteiger charge is -2.14. The standard InChI is InChI=1S/C26H23N3O2S3/c1-2-22(25(31)29-26-28-21(17-33-26)23-12-7-15-32-23)34-20-11-6-10-19(16-20)27-24(30)14-13-18-8-4-3-5-9-18/h3-17,22H,2H2,1H3,(H,27,30)(H,28,29,31)/b14-13+. The van der Waals surface area contributed by atoms with Crippen LogP contribution in [0.1, 0.15) is 18.9 Å². The first-order valence-corrected chi connectivity index (χ1v) is 13.4. The molecule has 0 spiro atoms. The number of amides is 2. The fourth-order valence-electron chi connectivity index (χ4n) is 3.11. The van der Waals surface area contributed by atoms with Crippen LogP contribution in [0.25, 0.3) is 16.6 Å². The number of nitrogens with one attached hydrogen (secondary N) is 2. The molecule has 0 radical (unpaired) electrons. The minimum Gasteiger partial charge on any atom is -0.322 e. The second-order valence-electron chi connectivity index (χ2n) is 7.28. The van der Waals surface area contributed by atoms with E-state index in [9.17, 15) is 9.59 Å². The smallest absolute Gasteiger partial charge is 0.248 e. The Bertz CT molecular complexity index is 1270. The summed E-state index contributed by atoms with van der Waals surface area (Å²) in [5.41, 5.74) is 2.52. The number of nitrogens with zero attached hydrogens (tertiary/aromatic N) is 1. The quantitative estimate of drug-likeness (QED) is 0.189. The van der Waals surface area contributed by atoms with Crippen molar-refractivity contribution < 1.29 is 9.59 Å². The third-order valence-corrected chi connectivity index (χ3v) is 7.79. The molecule has 4 rings (SSSR count). The number of thiazole rings is 1. The Morgan fingerprint density at radius 2 is 1.88 bits per heavy atom. The predicted octanol–water partition coefficient (Wildman–Crippen LogP) is 7.03. The molecule has 0 aliphatic carbocycles. The van der Waals surface area contributed by atoms with Gasteiger partial charge in [0.25, 0.3) is 0 Å². The number of carbonyl (C=O) groups is 2. The van der Waals surface area contributed by atoms with E-state index in [4.69, 9.17) is 0 Å². The van der Waals surface area contributed by atoms with Crippen LogP contribution in [0.4, 0.5) is 10.8 Å². The average Bonchev–Trinajstić information content (AvgIpc) is 3.54. The van der Waals surface area contributed by atoms with Crippen LogP contribution in [0.2, 0.25) is 0 Å². The Hall–Kier alpha value is -3.20. The normalized spacial score (nSPS) is 11.9. The third-order valence-electron chi connectivity index (χ3n) is 4.78. The van der Waals surface area contributed by atoms with Crippen LogP contribution >= 0.6 is 34.4 Å². The number of thioether (sulfide) groups is 1. The zero-order chi connectivity index (χ0) is 23.8. The van der Waals surface area contributed by atoms with Crippen molar-refractivity contribution in [2.75, 3.05) is 10.6 Å². The zero-order valence-corrected chi connectivity index (χ0v) is 20.9. The molecule has 8 heteroatoms. The molecule has 2 amide bonds. The first-order chi connectivity index (χ1) is 16.6. The third kappa shape index (κ3) is 6.66. The maximum absolute atomic E-state index is 12.9. The second-order valence-corrected chi connectivity index (χ2v) is 10.4. The van der Waals surface area contributed by atoms with Crippen LogP contribution in [0.3, 0.4) is 0 Å². The molecular formula is C26H23N3O2S3. The first-order valence-electron chi connectivity index (χ1n) is 10.7. The summed E-state index contributed by atoms with van der Waals surface area (Å²) in [7, 11) is 0. The zero-order valence-electron chi connectivity index (χ0n) is 18.4. The van der Waals surface area contributed by atoms with E-state index in [1.807, 2.05) is 84.4 Å². The van der Waals surface area contributed by atoms with Crippen molar-refractivity contribution in [1.29, 1.82) is 0 Å². The fourth-order valence-corrected chi connectivity index (χ4v) is 5.60. The van der Waals surface area contributed by atoms with Gasteiger partial charge in [0.2, 0.25) is 11.8 Å². The van der Waals surface area contributed by atoms with E-state index in [1.165, 1.54) is 29.2 Å². The highest BCUT2D eigenvalue weighted by Gasteiger charge is 2.20. The summed E-state index contributed by atoms with van der Waals surface area (Å²) in [5, 5.41) is 10.1. The van der Waals surface area contributed by atoms with Gasteiger partial charge in [-0.1, -0.05) is 49.4 Å². The van der Waals surface area contributed by atoms with E-state index < -0.39 is 0 Å². The minimum absolute atomic E-state index is 0.0835. The highest BCUT2D eigenvalue weighted by molar-refractivity contribution is 8.00. The van der Waals surface area contributed by atoms with E-state index in [0.29, 0.717) is 17.2 Å². The van der Waals surface area contributed by atoms with Gasteiger partial charge in [0, 0.05) is 22.0 Å². The summed E-state index contributed by atoms with van der Waals surface area (Å²) < 4.78 is 0.